The molecule has 10 amide bonds. The lowest BCUT2D eigenvalue weighted by Crippen LogP contribution is -2.60. The van der Waals surface area contributed by atoms with Gasteiger partial charge in [0.05, 0.1) is 6.10 Å². The van der Waals surface area contributed by atoms with Gasteiger partial charge in [-0.2, -0.15) is 0 Å². The number of carbonyl (C=O) groups excluding carboxylic acids is 10. The molecule has 0 saturated carbocycles. The van der Waals surface area contributed by atoms with E-state index in [0.717, 1.165) is 0 Å². The van der Waals surface area contributed by atoms with Gasteiger partial charge in [0.1, 0.15) is 67.0 Å². The van der Waals surface area contributed by atoms with E-state index in [9.17, 15) is 72.9 Å². The van der Waals surface area contributed by atoms with E-state index in [1.165, 1.54) is 13.8 Å². The highest BCUT2D eigenvalue weighted by Crippen LogP contribution is 2.12. The second-order valence-electron chi connectivity index (χ2n) is 22.8. The molecule has 0 saturated heterocycles. The van der Waals surface area contributed by atoms with Crippen molar-refractivity contribution in [3.63, 3.8) is 0 Å². The van der Waals surface area contributed by atoms with E-state index >= 15 is 0 Å². The number of guanidine groups is 5. The van der Waals surface area contributed by atoms with E-state index < -0.39 is 157 Å². The Morgan fingerprint density at radius 1 is 0.323 bits per heavy atom. The number of amides is 10. The van der Waals surface area contributed by atoms with Crippen LogP contribution < -0.4 is 128 Å². The van der Waals surface area contributed by atoms with E-state index in [0.29, 0.717) is 12.8 Å². The second kappa shape index (κ2) is 50.2. The first-order valence-electron chi connectivity index (χ1n) is 32.2. The second-order valence-corrected chi connectivity index (χ2v) is 22.8. The lowest BCUT2D eigenvalue weighted by atomic mass is 10.0. The molecule has 0 aromatic carbocycles. The van der Waals surface area contributed by atoms with Gasteiger partial charge >= 0.3 is 11.9 Å². The average molecular weight is 1410 g/mol. The summed E-state index contributed by atoms with van der Waals surface area (Å²) in [5.74, 6) is -13.9. The van der Waals surface area contributed by atoms with Crippen molar-refractivity contribution in [3.05, 3.63) is 0 Å². The molecule has 0 fully saturated rings. The number of carboxylic acids is 2. The summed E-state index contributed by atoms with van der Waals surface area (Å²) in [6.45, 7) is 1.78. The largest absolute Gasteiger partial charge is 0.481 e. The SMILES string of the molecule is C[C@H](NC(=O)[C@@H](N)[C@@H](C)O)C(=O)N[C@@H](CCCN=C(N)N)C(=O)N[C@@H](CCC(=O)O)C(=O)N[C@@H](CCCN=C(N)N)C(=O)N[C@@H](CCCN=C(N)N)C(=O)N[C@@H](CCCN=C(N)N)C(=O)N[C@@H](CCCCN)C(=O)N[C@@H](CCCCN)C(=O)N[C@@H](CCCN=C(N)N)C(=O)NCC(=O)O. The van der Waals surface area contributed by atoms with Crippen LogP contribution in [0, 0.1) is 0 Å². The third-order valence-electron chi connectivity index (χ3n) is 14.3. The molecule has 0 aliphatic rings. The Hall–Kier alpha value is -10.2. The summed E-state index contributed by atoms with van der Waals surface area (Å²) in [5, 5.41) is 53.7. The van der Waals surface area contributed by atoms with E-state index in [1.54, 1.807) is 0 Å². The smallest absolute Gasteiger partial charge is 0.322 e. The van der Waals surface area contributed by atoms with Gasteiger partial charge in [0.2, 0.25) is 59.1 Å². The van der Waals surface area contributed by atoms with E-state index in [2.05, 4.69) is 78.1 Å². The van der Waals surface area contributed by atoms with Gasteiger partial charge in [-0.1, -0.05) is 0 Å². The van der Waals surface area contributed by atoms with Gasteiger partial charge in [0, 0.05) is 39.1 Å². The lowest BCUT2D eigenvalue weighted by molar-refractivity contribution is -0.139. The van der Waals surface area contributed by atoms with Gasteiger partial charge in [0.25, 0.3) is 0 Å². The topological polar surface area (TPSA) is 786 Å². The van der Waals surface area contributed by atoms with Gasteiger partial charge in [-0.05, 0) is 136 Å². The average Bonchev–Trinajstić information content (AvgIpc) is 0.872. The first-order chi connectivity index (χ1) is 46.6. The number of unbranched alkanes of at least 4 members (excludes halogenated alkanes) is 2. The number of aliphatic hydroxyl groups is 1. The third kappa shape index (κ3) is 41.5. The van der Waals surface area contributed by atoms with Crippen LogP contribution in [0.25, 0.3) is 0 Å². The van der Waals surface area contributed by atoms with Gasteiger partial charge in [-0.3, -0.25) is 82.5 Å². The molecular formula is C56H108N28O15. The van der Waals surface area contributed by atoms with Crippen LogP contribution in [0.3, 0.4) is 0 Å². The number of aliphatic carboxylic acids is 2. The van der Waals surface area contributed by atoms with Gasteiger partial charge in [-0.25, -0.2) is 0 Å². The number of nitrogens with zero attached hydrogens (tertiary/aromatic N) is 5. The Morgan fingerprint density at radius 3 is 0.798 bits per heavy atom. The molecule has 0 aliphatic carbocycles. The Balaban J connectivity index is 7.62. The normalized spacial score (nSPS) is 14.1. The Kier molecular flexibility index (Phi) is 45.1. The predicted molar refractivity (Wildman–Crippen MR) is 366 cm³/mol. The van der Waals surface area contributed by atoms with Crippen molar-refractivity contribution in [1.82, 2.24) is 53.2 Å². The molecule has 0 unspecified atom stereocenters. The number of carbonyl (C=O) groups is 12. The van der Waals surface area contributed by atoms with Crippen LogP contribution in [-0.2, 0) is 57.5 Å². The van der Waals surface area contributed by atoms with Crippen molar-refractivity contribution < 1.29 is 72.9 Å². The summed E-state index contributed by atoms with van der Waals surface area (Å²) in [5.41, 5.74) is 72.5. The molecule has 43 heteroatoms. The number of aliphatic hydroxyl groups excluding tert-OH is 1. The van der Waals surface area contributed by atoms with Crippen molar-refractivity contribution in [3.8, 4) is 0 Å². The maximum Gasteiger partial charge on any atom is 0.322 e. The van der Waals surface area contributed by atoms with Crippen LogP contribution >= 0.6 is 0 Å². The predicted octanol–water partition coefficient (Wildman–Crippen LogP) is -11.3. The molecule has 39 N–H and O–H groups in total. The first kappa shape index (κ1) is 88.8. The summed E-state index contributed by atoms with van der Waals surface area (Å²) in [4.78, 5) is 183. The van der Waals surface area contributed by atoms with Crippen LogP contribution in [0.4, 0.5) is 0 Å². The zero-order chi connectivity index (χ0) is 75.2. The number of hydrogen-bond donors (Lipinski definition) is 26. The van der Waals surface area contributed by atoms with Gasteiger partial charge < -0.3 is 143 Å². The third-order valence-corrected chi connectivity index (χ3v) is 14.3. The van der Waals surface area contributed by atoms with Crippen LogP contribution in [0.15, 0.2) is 25.0 Å². The highest BCUT2D eigenvalue weighted by molar-refractivity contribution is 5.99. The molecule has 0 radical (unpaired) electrons. The lowest BCUT2D eigenvalue weighted by Gasteiger charge is -2.28. The minimum atomic E-state index is -1.76. The summed E-state index contributed by atoms with van der Waals surface area (Å²) >= 11 is 0. The maximum absolute atomic E-state index is 14.7. The molecule has 0 aromatic rings. The number of nitrogens with one attached hydrogen (secondary N) is 10. The summed E-state index contributed by atoms with van der Waals surface area (Å²) in [6, 6.07) is -15.0. The molecule has 562 valence electrons. The maximum atomic E-state index is 14.7. The number of rotatable bonds is 53. The molecule has 0 heterocycles. The molecule has 0 spiro atoms. The molecule has 0 aliphatic heterocycles. The quantitative estimate of drug-likeness (QED) is 0.0153. The van der Waals surface area contributed by atoms with Crippen molar-refractivity contribution in [2.24, 2.45) is 99.5 Å². The summed E-state index contributed by atoms with van der Waals surface area (Å²) < 4.78 is 0. The fourth-order valence-corrected chi connectivity index (χ4v) is 9.00. The molecule has 0 rings (SSSR count). The van der Waals surface area contributed by atoms with Crippen molar-refractivity contribution in [1.29, 1.82) is 0 Å². The van der Waals surface area contributed by atoms with E-state index in [1.807, 2.05) is 0 Å². The standard InChI is InChI=1S/C56H108N28O15/c1-29(76-51(99)41(59)30(2)85)42(90)77-34(15-8-24-71-53(62)63)46(94)84-38(19-20-39(86)87)50(98)83-37(18-11-27-74-56(68)69)49(97)82-36(17-10-26-73-55(66)67)48(96)81-35(16-9-25-72-54(64)65)47(95)80-33(13-4-6-22-58)45(93)79-32(12-3-5-21-57)44(92)78-31(14-7-23-70-52(60)61)43(91)75-28-40(88)89/h29-38,41,85H,3-28,57-59H2,1-2H3,(H,75,91)(H,76,99)(H,77,90)(H,78,92)(H,79,93)(H,80,95)(H,81,96)(H,82,97)(H,83,98)(H,84,94)(H,86,87)(H,88,89)(H4,60,61,70)(H4,62,63,71)(H4,64,65,72)(H4,66,67,73)(H4,68,69,74)/t29-,30+,31-,32-,33-,34-,35-,36-,37-,38-,41-/m0/s1. The minimum absolute atomic E-state index is 0.0121. The Morgan fingerprint density at radius 2 is 0.566 bits per heavy atom. The van der Waals surface area contributed by atoms with Crippen molar-refractivity contribution in [2.75, 3.05) is 52.4 Å². The summed E-state index contributed by atoms with van der Waals surface area (Å²) in [6.07, 6.45) is -2.35. The van der Waals surface area contributed by atoms with Crippen molar-refractivity contribution in [2.45, 2.75) is 196 Å². The minimum Gasteiger partial charge on any atom is -0.481 e. The molecule has 11 atom stereocenters. The highest BCUT2D eigenvalue weighted by Gasteiger charge is 2.36. The molecule has 0 aromatic heterocycles. The zero-order valence-electron chi connectivity index (χ0n) is 56.2. The van der Waals surface area contributed by atoms with E-state index in [-0.39, 0.29) is 166 Å². The Labute approximate surface area is 573 Å². The molecule has 43 nitrogen and oxygen atoms in total. The molecule has 0 bridgehead atoms. The van der Waals surface area contributed by atoms with Crippen LogP contribution in [0.1, 0.15) is 129 Å². The number of carboxylic acid groups (broad SMARTS) is 2. The fourth-order valence-electron chi connectivity index (χ4n) is 9.00. The summed E-state index contributed by atoms with van der Waals surface area (Å²) in [7, 11) is 0. The van der Waals surface area contributed by atoms with Gasteiger partial charge in [-0.15, -0.1) is 0 Å². The number of hydrogen-bond acceptors (Lipinski definition) is 21. The first-order valence-corrected chi connectivity index (χ1v) is 32.2. The van der Waals surface area contributed by atoms with Crippen LogP contribution in [0.2, 0.25) is 0 Å². The fraction of sp³-hybridized carbons (Fsp3) is 0.696. The monoisotopic (exact) mass is 1410 g/mol. The molecular weight excluding hydrogens is 1300 g/mol. The van der Waals surface area contributed by atoms with Crippen LogP contribution in [-0.4, -0.2) is 235 Å². The molecule has 99 heavy (non-hydrogen) atoms. The van der Waals surface area contributed by atoms with Gasteiger partial charge in [0.15, 0.2) is 29.8 Å². The van der Waals surface area contributed by atoms with Crippen LogP contribution in [0.5, 0.6) is 0 Å². The zero-order valence-corrected chi connectivity index (χ0v) is 56.2. The number of nitrogens with two attached hydrogens (primary N) is 13. The highest BCUT2D eigenvalue weighted by atomic mass is 16.4. The van der Waals surface area contributed by atoms with E-state index in [4.69, 9.17) is 74.5 Å². The number of aliphatic imine (C=N–C) groups is 5. The van der Waals surface area contributed by atoms with Crippen molar-refractivity contribution >= 4 is 101 Å². The Bertz CT molecular complexity index is 2750.